The number of ether oxygens (including phenoxy) is 1. The van der Waals surface area contributed by atoms with Gasteiger partial charge in [0.15, 0.2) is 0 Å². The fourth-order valence-electron chi connectivity index (χ4n) is 1.80. The smallest absolute Gasteiger partial charge is 0.123 e. The van der Waals surface area contributed by atoms with Gasteiger partial charge in [0.2, 0.25) is 0 Å². The molecule has 0 spiro atoms. The number of benzene rings is 2. The second kappa shape index (κ2) is 5.57. The maximum atomic E-state index is 8.74. The Hall–Kier alpha value is -1.98. The molecule has 0 radical (unpaired) electrons. The van der Waals surface area contributed by atoms with Crippen LogP contribution in [-0.2, 0) is 6.42 Å². The molecule has 0 atom stereocenters. The molecular formula is C15H12ClNO. The molecule has 0 aliphatic rings. The average molecular weight is 258 g/mol. The topological polar surface area (TPSA) is 33.0 Å². The lowest BCUT2D eigenvalue weighted by molar-refractivity contribution is 0.411. The van der Waals surface area contributed by atoms with Gasteiger partial charge in [0.05, 0.1) is 19.6 Å². The van der Waals surface area contributed by atoms with Crippen LogP contribution in [0.4, 0.5) is 0 Å². The third-order valence-electron chi connectivity index (χ3n) is 2.73. The first kappa shape index (κ1) is 12.5. The molecule has 2 rings (SSSR count). The van der Waals surface area contributed by atoms with E-state index in [1.807, 2.05) is 42.5 Å². The molecule has 0 N–H and O–H groups in total. The van der Waals surface area contributed by atoms with Crippen LogP contribution in [0.1, 0.15) is 5.56 Å². The van der Waals surface area contributed by atoms with Crippen LogP contribution in [0, 0.1) is 11.3 Å². The van der Waals surface area contributed by atoms with Crippen molar-refractivity contribution in [1.29, 1.82) is 5.26 Å². The van der Waals surface area contributed by atoms with Crippen molar-refractivity contribution in [2.75, 3.05) is 7.11 Å². The normalized spacial score (nSPS) is 9.83. The number of hydrogen-bond acceptors (Lipinski definition) is 2. The minimum atomic E-state index is 0.351. The van der Waals surface area contributed by atoms with Crippen LogP contribution in [0.15, 0.2) is 42.5 Å². The minimum Gasteiger partial charge on any atom is -0.496 e. The van der Waals surface area contributed by atoms with E-state index < -0.39 is 0 Å². The van der Waals surface area contributed by atoms with Crippen LogP contribution in [0.2, 0.25) is 5.02 Å². The zero-order chi connectivity index (χ0) is 13.0. The highest BCUT2D eigenvalue weighted by Gasteiger charge is 2.05. The fraction of sp³-hybridized carbons (Fsp3) is 0.133. The van der Waals surface area contributed by atoms with Crippen LogP contribution in [0.25, 0.3) is 11.1 Å². The summed E-state index contributed by atoms with van der Waals surface area (Å²) >= 11 is 5.86. The molecule has 0 heterocycles. The van der Waals surface area contributed by atoms with E-state index in [-0.39, 0.29) is 0 Å². The summed E-state index contributed by atoms with van der Waals surface area (Å²) in [4.78, 5) is 0. The van der Waals surface area contributed by atoms with Crippen molar-refractivity contribution in [1.82, 2.24) is 0 Å². The zero-order valence-electron chi connectivity index (χ0n) is 9.98. The first-order chi connectivity index (χ1) is 8.74. The van der Waals surface area contributed by atoms with Crippen LogP contribution >= 0.6 is 11.6 Å². The van der Waals surface area contributed by atoms with Gasteiger partial charge in [-0.1, -0.05) is 35.9 Å². The van der Waals surface area contributed by atoms with Gasteiger partial charge >= 0.3 is 0 Å². The Kier molecular flexibility index (Phi) is 3.86. The van der Waals surface area contributed by atoms with Crippen LogP contribution < -0.4 is 4.74 Å². The van der Waals surface area contributed by atoms with E-state index >= 15 is 0 Å². The van der Waals surface area contributed by atoms with Crippen LogP contribution in [0.5, 0.6) is 5.75 Å². The highest BCUT2D eigenvalue weighted by Crippen LogP contribution is 2.28. The van der Waals surface area contributed by atoms with E-state index in [4.69, 9.17) is 21.6 Å². The molecule has 0 bridgehead atoms. The van der Waals surface area contributed by atoms with Crippen molar-refractivity contribution in [3.05, 3.63) is 53.1 Å². The van der Waals surface area contributed by atoms with Gasteiger partial charge in [-0.25, -0.2) is 0 Å². The molecule has 2 nitrogen and oxygen atoms in total. The first-order valence-electron chi connectivity index (χ1n) is 5.54. The first-order valence-corrected chi connectivity index (χ1v) is 5.92. The molecule has 0 aromatic heterocycles. The van der Waals surface area contributed by atoms with Crippen molar-refractivity contribution >= 4 is 11.6 Å². The number of hydrogen-bond donors (Lipinski definition) is 0. The standard InChI is InChI=1S/C15H12ClNO/c1-18-15-10-13(3-2-12(15)8-9-17)11-4-6-14(16)7-5-11/h2-7,10H,8H2,1H3. The van der Waals surface area contributed by atoms with Crippen molar-refractivity contribution < 1.29 is 4.74 Å². The van der Waals surface area contributed by atoms with E-state index in [0.29, 0.717) is 11.4 Å². The molecule has 90 valence electrons. The van der Waals surface area contributed by atoms with Gasteiger partial charge in [-0.3, -0.25) is 0 Å². The van der Waals surface area contributed by atoms with Gasteiger partial charge in [0, 0.05) is 10.6 Å². The second-order valence-electron chi connectivity index (χ2n) is 3.87. The van der Waals surface area contributed by atoms with E-state index in [1.165, 1.54) is 0 Å². The lowest BCUT2D eigenvalue weighted by Gasteiger charge is -2.09. The molecule has 0 saturated carbocycles. The molecule has 0 aliphatic carbocycles. The SMILES string of the molecule is COc1cc(-c2ccc(Cl)cc2)ccc1CC#N. The fourth-order valence-corrected chi connectivity index (χ4v) is 1.92. The Morgan fingerprint density at radius 1 is 1.11 bits per heavy atom. The van der Waals surface area contributed by atoms with Crippen LogP contribution in [0.3, 0.4) is 0 Å². The van der Waals surface area contributed by atoms with Crippen LogP contribution in [-0.4, -0.2) is 7.11 Å². The summed E-state index contributed by atoms with van der Waals surface area (Å²) in [6, 6.07) is 15.6. The molecule has 2 aromatic carbocycles. The molecule has 2 aromatic rings. The summed E-state index contributed by atoms with van der Waals surface area (Å²) in [6.07, 6.45) is 0.351. The lowest BCUT2D eigenvalue weighted by atomic mass is 10.0. The second-order valence-corrected chi connectivity index (χ2v) is 4.30. The van der Waals surface area contributed by atoms with E-state index in [1.54, 1.807) is 7.11 Å². The van der Waals surface area contributed by atoms with E-state index in [9.17, 15) is 0 Å². The summed E-state index contributed by atoms with van der Waals surface area (Å²) in [5, 5.41) is 9.45. The van der Waals surface area contributed by atoms with Gasteiger partial charge in [0.25, 0.3) is 0 Å². The van der Waals surface area contributed by atoms with E-state index in [0.717, 1.165) is 22.4 Å². The predicted octanol–water partition coefficient (Wildman–Crippen LogP) is 4.08. The monoisotopic (exact) mass is 257 g/mol. The number of methoxy groups -OCH3 is 1. The molecule has 18 heavy (non-hydrogen) atoms. The van der Waals surface area contributed by atoms with Crippen molar-refractivity contribution in [2.24, 2.45) is 0 Å². The molecule has 0 fully saturated rings. The summed E-state index contributed by atoms with van der Waals surface area (Å²) in [7, 11) is 1.61. The van der Waals surface area contributed by atoms with Crippen molar-refractivity contribution in [3.8, 4) is 22.9 Å². The number of nitrogens with zero attached hydrogens (tertiary/aromatic N) is 1. The van der Waals surface area contributed by atoms with Gasteiger partial charge in [-0.2, -0.15) is 5.26 Å². The predicted molar refractivity (Wildman–Crippen MR) is 72.8 cm³/mol. The summed E-state index contributed by atoms with van der Waals surface area (Å²) in [5.74, 6) is 0.740. The molecule has 3 heteroatoms. The Labute approximate surface area is 111 Å². The third-order valence-corrected chi connectivity index (χ3v) is 2.99. The van der Waals surface area contributed by atoms with Gasteiger partial charge < -0.3 is 4.74 Å². The summed E-state index contributed by atoms with van der Waals surface area (Å²) < 4.78 is 5.31. The minimum absolute atomic E-state index is 0.351. The molecule has 0 aliphatic heterocycles. The maximum Gasteiger partial charge on any atom is 0.123 e. The number of halogens is 1. The van der Waals surface area contributed by atoms with Gasteiger partial charge in [-0.05, 0) is 29.3 Å². The highest BCUT2D eigenvalue weighted by atomic mass is 35.5. The Balaban J connectivity index is 2.41. The maximum absolute atomic E-state index is 8.74. The molecule has 0 saturated heterocycles. The molecular weight excluding hydrogens is 246 g/mol. The Morgan fingerprint density at radius 2 is 1.78 bits per heavy atom. The average Bonchev–Trinajstić information content (AvgIpc) is 2.40. The number of rotatable bonds is 3. The quantitative estimate of drug-likeness (QED) is 0.830. The molecule has 0 amide bonds. The molecule has 0 unspecified atom stereocenters. The van der Waals surface area contributed by atoms with E-state index in [2.05, 4.69) is 6.07 Å². The lowest BCUT2D eigenvalue weighted by Crippen LogP contribution is -1.91. The zero-order valence-corrected chi connectivity index (χ0v) is 10.7. The largest absolute Gasteiger partial charge is 0.496 e. The summed E-state index contributed by atoms with van der Waals surface area (Å²) in [5.41, 5.74) is 3.02. The summed E-state index contributed by atoms with van der Waals surface area (Å²) in [6.45, 7) is 0. The van der Waals surface area contributed by atoms with Crippen molar-refractivity contribution in [2.45, 2.75) is 6.42 Å². The third kappa shape index (κ3) is 2.64. The van der Waals surface area contributed by atoms with Crippen molar-refractivity contribution in [3.63, 3.8) is 0 Å². The highest BCUT2D eigenvalue weighted by molar-refractivity contribution is 6.30. The van der Waals surface area contributed by atoms with Gasteiger partial charge in [-0.15, -0.1) is 0 Å². The number of nitriles is 1. The van der Waals surface area contributed by atoms with Gasteiger partial charge in [0.1, 0.15) is 5.75 Å². The Morgan fingerprint density at radius 3 is 2.39 bits per heavy atom. The Bertz CT molecular complexity index is 584.